The second-order valence-corrected chi connectivity index (χ2v) is 4.68. The minimum atomic E-state index is 0.596. The first kappa shape index (κ1) is 14.3. The number of ether oxygens (including phenoxy) is 2. The second kappa shape index (κ2) is 6.91. The van der Waals surface area contributed by atoms with Gasteiger partial charge in [-0.3, -0.25) is 0 Å². The smallest absolute Gasteiger partial charge is 0.134 e. The molecule has 0 saturated heterocycles. The van der Waals surface area contributed by atoms with Crippen molar-refractivity contribution in [1.82, 2.24) is 4.98 Å². The van der Waals surface area contributed by atoms with E-state index in [1.807, 2.05) is 31.2 Å². The standard InChI is InChI=1S/C16H20N2O2/c1-12(2)11-20-9-8-18-16-15-10-14(19-3)5-4-13(15)6-7-17-16/h4-7,10H,1,8-9,11H2,2-3H3,(H,17,18). The number of nitrogens with one attached hydrogen (secondary N) is 1. The third-order valence-corrected chi connectivity index (χ3v) is 2.86. The molecule has 4 heteroatoms. The molecule has 1 N–H and O–H groups in total. The van der Waals surface area contributed by atoms with E-state index >= 15 is 0 Å². The molecule has 20 heavy (non-hydrogen) atoms. The molecule has 0 fully saturated rings. The van der Waals surface area contributed by atoms with Gasteiger partial charge in [-0.25, -0.2) is 4.98 Å². The Bertz CT molecular complexity index is 596. The maximum absolute atomic E-state index is 5.46. The van der Waals surface area contributed by atoms with Gasteiger partial charge in [0.05, 0.1) is 20.3 Å². The topological polar surface area (TPSA) is 43.4 Å². The normalized spacial score (nSPS) is 10.5. The number of hydrogen-bond donors (Lipinski definition) is 1. The van der Waals surface area contributed by atoms with Crippen LogP contribution in [-0.4, -0.2) is 31.9 Å². The average Bonchev–Trinajstić information content (AvgIpc) is 2.46. The Kier molecular flexibility index (Phi) is 4.96. The van der Waals surface area contributed by atoms with Crippen LogP contribution in [-0.2, 0) is 4.74 Å². The summed E-state index contributed by atoms with van der Waals surface area (Å²) < 4.78 is 10.7. The zero-order chi connectivity index (χ0) is 14.4. The number of pyridine rings is 1. The molecular weight excluding hydrogens is 252 g/mol. The fraction of sp³-hybridized carbons (Fsp3) is 0.312. The number of hydrogen-bond acceptors (Lipinski definition) is 4. The van der Waals surface area contributed by atoms with Crippen molar-refractivity contribution in [1.29, 1.82) is 0 Å². The number of benzene rings is 1. The van der Waals surface area contributed by atoms with Gasteiger partial charge in [-0.05, 0) is 30.5 Å². The first-order chi connectivity index (χ1) is 9.70. The zero-order valence-electron chi connectivity index (χ0n) is 12.0. The van der Waals surface area contributed by atoms with E-state index in [4.69, 9.17) is 9.47 Å². The van der Waals surface area contributed by atoms with Crippen molar-refractivity contribution in [3.63, 3.8) is 0 Å². The zero-order valence-corrected chi connectivity index (χ0v) is 12.0. The summed E-state index contributed by atoms with van der Waals surface area (Å²) in [4.78, 5) is 4.38. The summed E-state index contributed by atoms with van der Waals surface area (Å²) in [6.45, 7) is 7.67. The molecule has 1 aromatic heterocycles. The highest BCUT2D eigenvalue weighted by molar-refractivity contribution is 5.92. The fourth-order valence-corrected chi connectivity index (χ4v) is 1.90. The summed E-state index contributed by atoms with van der Waals surface area (Å²) in [5, 5.41) is 5.47. The summed E-state index contributed by atoms with van der Waals surface area (Å²) >= 11 is 0. The van der Waals surface area contributed by atoms with Crippen molar-refractivity contribution < 1.29 is 9.47 Å². The highest BCUT2D eigenvalue weighted by atomic mass is 16.5. The van der Waals surface area contributed by atoms with Crippen LogP contribution in [0.3, 0.4) is 0 Å². The third kappa shape index (κ3) is 3.71. The van der Waals surface area contributed by atoms with E-state index in [-0.39, 0.29) is 0 Å². The molecule has 0 saturated carbocycles. The Morgan fingerprint density at radius 2 is 2.20 bits per heavy atom. The predicted molar refractivity (Wildman–Crippen MR) is 82.4 cm³/mol. The van der Waals surface area contributed by atoms with E-state index in [0.29, 0.717) is 19.8 Å². The van der Waals surface area contributed by atoms with Crippen LogP contribution < -0.4 is 10.1 Å². The number of methoxy groups -OCH3 is 1. The molecule has 0 amide bonds. The van der Waals surface area contributed by atoms with Crippen molar-refractivity contribution >= 4 is 16.6 Å². The van der Waals surface area contributed by atoms with Gasteiger partial charge in [0, 0.05) is 18.1 Å². The number of fused-ring (bicyclic) bond motifs is 1. The lowest BCUT2D eigenvalue weighted by atomic mass is 10.1. The number of aromatic nitrogens is 1. The minimum Gasteiger partial charge on any atom is -0.497 e. The third-order valence-electron chi connectivity index (χ3n) is 2.86. The Morgan fingerprint density at radius 3 is 2.95 bits per heavy atom. The van der Waals surface area contributed by atoms with Crippen LogP contribution in [0.1, 0.15) is 6.92 Å². The van der Waals surface area contributed by atoms with Crippen LogP contribution in [0.25, 0.3) is 10.8 Å². The predicted octanol–water partition coefficient (Wildman–Crippen LogP) is 3.25. The van der Waals surface area contributed by atoms with E-state index in [1.54, 1.807) is 13.3 Å². The maximum Gasteiger partial charge on any atom is 0.134 e. The molecule has 0 spiro atoms. The van der Waals surface area contributed by atoms with Gasteiger partial charge in [-0.1, -0.05) is 18.2 Å². The molecule has 0 aliphatic heterocycles. The van der Waals surface area contributed by atoms with Crippen LogP contribution in [0.15, 0.2) is 42.6 Å². The van der Waals surface area contributed by atoms with Crippen molar-refractivity contribution in [3.8, 4) is 5.75 Å². The van der Waals surface area contributed by atoms with Gasteiger partial charge < -0.3 is 14.8 Å². The minimum absolute atomic E-state index is 0.596. The van der Waals surface area contributed by atoms with E-state index in [2.05, 4.69) is 16.9 Å². The lowest BCUT2D eigenvalue weighted by Gasteiger charge is -2.10. The highest BCUT2D eigenvalue weighted by Crippen LogP contribution is 2.25. The lowest BCUT2D eigenvalue weighted by Crippen LogP contribution is -2.11. The van der Waals surface area contributed by atoms with E-state index in [1.165, 1.54) is 0 Å². The SMILES string of the molecule is C=C(C)COCCNc1nccc2ccc(OC)cc12. The van der Waals surface area contributed by atoms with Gasteiger partial charge in [-0.15, -0.1) is 0 Å². The summed E-state index contributed by atoms with van der Waals surface area (Å²) in [7, 11) is 1.66. The molecule has 1 heterocycles. The fourth-order valence-electron chi connectivity index (χ4n) is 1.90. The molecule has 2 rings (SSSR count). The van der Waals surface area contributed by atoms with Gasteiger partial charge in [0.25, 0.3) is 0 Å². The summed E-state index contributed by atoms with van der Waals surface area (Å²) in [5.41, 5.74) is 1.03. The van der Waals surface area contributed by atoms with Gasteiger partial charge in [0.15, 0.2) is 0 Å². The maximum atomic E-state index is 5.46. The van der Waals surface area contributed by atoms with Gasteiger partial charge >= 0.3 is 0 Å². The molecule has 0 radical (unpaired) electrons. The van der Waals surface area contributed by atoms with Crippen molar-refractivity contribution in [2.24, 2.45) is 0 Å². The van der Waals surface area contributed by atoms with Gasteiger partial charge in [0.2, 0.25) is 0 Å². The molecule has 1 aromatic carbocycles. The molecule has 0 aliphatic rings. The van der Waals surface area contributed by atoms with E-state index in [0.717, 1.165) is 27.9 Å². The average molecular weight is 272 g/mol. The van der Waals surface area contributed by atoms with Crippen LogP contribution in [0.4, 0.5) is 5.82 Å². The van der Waals surface area contributed by atoms with Gasteiger partial charge in [-0.2, -0.15) is 0 Å². The van der Waals surface area contributed by atoms with E-state index < -0.39 is 0 Å². The summed E-state index contributed by atoms with van der Waals surface area (Å²) in [6, 6.07) is 7.94. The Balaban J connectivity index is 2.03. The van der Waals surface area contributed by atoms with Crippen molar-refractivity contribution in [3.05, 3.63) is 42.6 Å². The number of anilines is 1. The largest absolute Gasteiger partial charge is 0.497 e. The van der Waals surface area contributed by atoms with Crippen molar-refractivity contribution in [2.75, 3.05) is 32.2 Å². The molecular formula is C16H20N2O2. The van der Waals surface area contributed by atoms with Crippen LogP contribution in [0.5, 0.6) is 5.75 Å². The summed E-state index contributed by atoms with van der Waals surface area (Å²) in [6.07, 6.45) is 1.80. The second-order valence-electron chi connectivity index (χ2n) is 4.68. The molecule has 2 aromatic rings. The highest BCUT2D eigenvalue weighted by Gasteiger charge is 2.03. The van der Waals surface area contributed by atoms with Crippen LogP contribution in [0, 0.1) is 0 Å². The van der Waals surface area contributed by atoms with E-state index in [9.17, 15) is 0 Å². The van der Waals surface area contributed by atoms with Gasteiger partial charge in [0.1, 0.15) is 11.6 Å². The molecule has 4 nitrogen and oxygen atoms in total. The lowest BCUT2D eigenvalue weighted by molar-refractivity contribution is 0.167. The quantitative estimate of drug-likeness (QED) is 0.620. The molecule has 0 aliphatic carbocycles. The Morgan fingerprint density at radius 1 is 1.35 bits per heavy atom. The number of nitrogens with zero attached hydrogens (tertiary/aromatic N) is 1. The first-order valence-electron chi connectivity index (χ1n) is 6.59. The molecule has 106 valence electrons. The molecule has 0 bridgehead atoms. The first-order valence-corrected chi connectivity index (χ1v) is 6.59. The molecule has 0 unspecified atom stereocenters. The monoisotopic (exact) mass is 272 g/mol. The van der Waals surface area contributed by atoms with Crippen LogP contribution in [0.2, 0.25) is 0 Å². The van der Waals surface area contributed by atoms with Crippen molar-refractivity contribution in [2.45, 2.75) is 6.92 Å². The molecule has 0 atom stereocenters. The Hall–Kier alpha value is -2.07. The van der Waals surface area contributed by atoms with Crippen LogP contribution >= 0.6 is 0 Å². The number of rotatable bonds is 7. The Labute approximate surface area is 119 Å². The summed E-state index contributed by atoms with van der Waals surface area (Å²) in [5.74, 6) is 1.67.